The average Bonchev–Trinajstić information content (AvgIpc) is 3.24. The second-order valence-corrected chi connectivity index (χ2v) is 6.85. The van der Waals surface area contributed by atoms with Gasteiger partial charge in [0.05, 0.1) is 30.2 Å². The third-order valence-corrected chi connectivity index (χ3v) is 4.91. The van der Waals surface area contributed by atoms with Gasteiger partial charge in [-0.25, -0.2) is 0 Å². The molecular formula is C20H21N5O3. The first-order chi connectivity index (χ1) is 13.6. The first kappa shape index (κ1) is 18.0. The summed E-state index contributed by atoms with van der Waals surface area (Å²) in [5.41, 5.74) is 1.06. The van der Waals surface area contributed by atoms with Gasteiger partial charge in [0.2, 0.25) is 0 Å². The molecule has 1 aromatic carbocycles. The number of amides is 1. The highest BCUT2D eigenvalue weighted by Crippen LogP contribution is 2.24. The second kappa shape index (κ2) is 7.67. The maximum absolute atomic E-state index is 13.3. The summed E-state index contributed by atoms with van der Waals surface area (Å²) in [5, 5.41) is 8.30. The number of likely N-dealkylation sites (tertiary alicyclic amines) is 1. The van der Waals surface area contributed by atoms with Crippen LogP contribution in [0.5, 0.6) is 5.88 Å². The summed E-state index contributed by atoms with van der Waals surface area (Å²) in [5.74, 6) is 0.329. The number of carbonyl (C=O) groups excluding carboxylic acids is 1. The highest BCUT2D eigenvalue weighted by atomic mass is 16.5. The zero-order chi connectivity index (χ0) is 19.5. The van der Waals surface area contributed by atoms with Crippen molar-refractivity contribution >= 4 is 5.91 Å². The summed E-state index contributed by atoms with van der Waals surface area (Å²) in [6.07, 6.45) is 6.15. The first-order valence-electron chi connectivity index (χ1n) is 9.24. The third-order valence-electron chi connectivity index (χ3n) is 4.91. The van der Waals surface area contributed by atoms with E-state index in [0.29, 0.717) is 23.7 Å². The van der Waals surface area contributed by atoms with Crippen molar-refractivity contribution in [3.05, 3.63) is 70.8 Å². The highest BCUT2D eigenvalue weighted by molar-refractivity contribution is 5.98. The summed E-state index contributed by atoms with van der Waals surface area (Å²) < 4.78 is 5.92. The normalized spacial score (nSPS) is 19.4. The largest absolute Gasteiger partial charge is 0.474 e. The van der Waals surface area contributed by atoms with Crippen molar-refractivity contribution in [3.8, 4) is 11.6 Å². The molecule has 2 atom stereocenters. The average molecular weight is 379 g/mol. The van der Waals surface area contributed by atoms with Gasteiger partial charge in [0, 0.05) is 24.4 Å². The number of ether oxygens (including phenoxy) is 1. The Bertz CT molecular complexity index is 1010. The van der Waals surface area contributed by atoms with Crippen LogP contribution in [-0.4, -0.2) is 49.5 Å². The Kier molecular flexibility index (Phi) is 4.92. The minimum atomic E-state index is -0.187. The van der Waals surface area contributed by atoms with Crippen LogP contribution in [0.25, 0.3) is 5.69 Å². The van der Waals surface area contributed by atoms with E-state index in [1.807, 2.05) is 30.0 Å². The zero-order valence-corrected chi connectivity index (χ0v) is 15.5. The predicted octanol–water partition coefficient (Wildman–Crippen LogP) is 2.03. The van der Waals surface area contributed by atoms with Crippen LogP contribution in [0.15, 0.2) is 59.8 Å². The fraction of sp³-hybridized carbons (Fsp3) is 0.300. The number of hydrogen-bond donors (Lipinski definition) is 1. The number of rotatable bonds is 4. The van der Waals surface area contributed by atoms with E-state index in [0.717, 1.165) is 12.8 Å². The van der Waals surface area contributed by atoms with Gasteiger partial charge in [-0.2, -0.15) is 15.0 Å². The molecule has 2 aromatic heterocycles. The van der Waals surface area contributed by atoms with E-state index in [4.69, 9.17) is 4.74 Å². The van der Waals surface area contributed by atoms with Gasteiger partial charge in [0.25, 0.3) is 5.91 Å². The van der Waals surface area contributed by atoms with Gasteiger partial charge in [-0.1, -0.05) is 12.1 Å². The molecule has 0 aliphatic carbocycles. The molecule has 28 heavy (non-hydrogen) atoms. The number of aromatic amines is 1. The van der Waals surface area contributed by atoms with Crippen molar-refractivity contribution in [3.63, 3.8) is 0 Å². The first-order valence-corrected chi connectivity index (χ1v) is 9.24. The number of piperidine rings is 1. The van der Waals surface area contributed by atoms with Crippen molar-refractivity contribution < 1.29 is 9.53 Å². The molecule has 0 saturated carbocycles. The molecule has 144 valence electrons. The summed E-state index contributed by atoms with van der Waals surface area (Å²) >= 11 is 0. The van der Waals surface area contributed by atoms with E-state index in [1.165, 1.54) is 16.9 Å². The van der Waals surface area contributed by atoms with Gasteiger partial charge in [0.15, 0.2) is 11.3 Å². The summed E-state index contributed by atoms with van der Waals surface area (Å²) in [6, 6.07) is 10.2. The molecule has 0 spiro atoms. The zero-order valence-electron chi connectivity index (χ0n) is 15.5. The van der Waals surface area contributed by atoms with E-state index in [2.05, 4.69) is 15.2 Å². The molecule has 8 nitrogen and oxygen atoms in total. The fourth-order valence-electron chi connectivity index (χ4n) is 3.45. The van der Waals surface area contributed by atoms with Crippen LogP contribution in [0.3, 0.4) is 0 Å². The van der Waals surface area contributed by atoms with Crippen molar-refractivity contribution in [2.24, 2.45) is 0 Å². The second-order valence-electron chi connectivity index (χ2n) is 6.85. The molecule has 1 saturated heterocycles. The molecule has 3 aromatic rings. The maximum atomic E-state index is 13.3. The van der Waals surface area contributed by atoms with Crippen LogP contribution in [0, 0.1) is 0 Å². The minimum absolute atomic E-state index is 0.0841. The van der Waals surface area contributed by atoms with Crippen LogP contribution in [-0.2, 0) is 0 Å². The van der Waals surface area contributed by atoms with Crippen LogP contribution in [0.4, 0.5) is 0 Å². The van der Waals surface area contributed by atoms with Gasteiger partial charge in [-0.15, -0.1) is 0 Å². The maximum Gasteiger partial charge on any atom is 0.256 e. The molecule has 1 amide bonds. The lowest BCUT2D eigenvalue weighted by Crippen LogP contribution is -2.49. The Morgan fingerprint density at radius 2 is 1.96 bits per heavy atom. The van der Waals surface area contributed by atoms with Crippen LogP contribution in [0.1, 0.15) is 30.1 Å². The number of H-pyrrole nitrogens is 1. The highest BCUT2D eigenvalue weighted by Gasteiger charge is 2.32. The third kappa shape index (κ3) is 3.66. The molecule has 1 aliphatic heterocycles. The van der Waals surface area contributed by atoms with Crippen LogP contribution >= 0.6 is 0 Å². The minimum Gasteiger partial charge on any atom is -0.474 e. The smallest absolute Gasteiger partial charge is 0.256 e. The van der Waals surface area contributed by atoms with Gasteiger partial charge in [0.1, 0.15) is 6.10 Å². The van der Waals surface area contributed by atoms with Crippen molar-refractivity contribution in [1.82, 2.24) is 24.9 Å². The van der Waals surface area contributed by atoms with Gasteiger partial charge >= 0.3 is 0 Å². The quantitative estimate of drug-likeness (QED) is 0.749. The molecule has 0 bridgehead atoms. The van der Waals surface area contributed by atoms with Crippen molar-refractivity contribution in [2.75, 3.05) is 6.54 Å². The molecule has 1 fully saturated rings. The lowest BCUT2D eigenvalue weighted by Gasteiger charge is -2.38. The monoisotopic (exact) mass is 379 g/mol. The SMILES string of the molecule is CC1CCC(Oc2cc(=O)cc[nH]2)CN1C(=O)c1ccccc1-n1nccn1. The lowest BCUT2D eigenvalue weighted by atomic mass is 9.99. The molecule has 1 aliphatic rings. The van der Waals surface area contributed by atoms with Crippen LogP contribution in [0.2, 0.25) is 0 Å². The van der Waals surface area contributed by atoms with E-state index in [9.17, 15) is 9.59 Å². The number of pyridine rings is 1. The lowest BCUT2D eigenvalue weighted by molar-refractivity contribution is 0.0372. The molecule has 4 rings (SSSR count). The van der Waals surface area contributed by atoms with E-state index >= 15 is 0 Å². The van der Waals surface area contributed by atoms with Gasteiger partial charge < -0.3 is 14.6 Å². The number of aromatic nitrogens is 4. The standard InChI is InChI=1S/C20H21N5O3/c1-14-6-7-16(28-19-12-15(26)8-9-21-19)13-24(14)20(27)17-4-2-3-5-18(17)25-22-10-11-23-25/h2-5,8-12,14,16H,6-7,13H2,1H3,(H,21,26). The van der Waals surface area contributed by atoms with E-state index in [-0.39, 0.29) is 23.5 Å². The number of para-hydroxylation sites is 1. The summed E-state index contributed by atoms with van der Waals surface area (Å²) in [6.45, 7) is 2.48. The molecule has 3 heterocycles. The van der Waals surface area contributed by atoms with Gasteiger partial charge in [-0.3, -0.25) is 9.59 Å². The molecular weight excluding hydrogens is 358 g/mol. The Labute approximate surface area is 161 Å². The number of hydrogen-bond acceptors (Lipinski definition) is 5. The summed E-state index contributed by atoms with van der Waals surface area (Å²) in [4.78, 5) is 31.0. The molecule has 2 unspecified atom stereocenters. The Balaban J connectivity index is 1.56. The number of nitrogens with one attached hydrogen (secondary N) is 1. The van der Waals surface area contributed by atoms with Gasteiger partial charge in [-0.05, 0) is 31.9 Å². The number of benzene rings is 1. The van der Waals surface area contributed by atoms with E-state index in [1.54, 1.807) is 24.7 Å². The van der Waals surface area contributed by atoms with Crippen LogP contribution < -0.4 is 10.2 Å². The topological polar surface area (TPSA) is 93.1 Å². The Morgan fingerprint density at radius 1 is 1.18 bits per heavy atom. The molecule has 1 N–H and O–H groups in total. The van der Waals surface area contributed by atoms with E-state index < -0.39 is 0 Å². The Morgan fingerprint density at radius 3 is 2.75 bits per heavy atom. The molecule has 0 radical (unpaired) electrons. The molecule has 8 heteroatoms. The number of nitrogens with zero attached hydrogens (tertiary/aromatic N) is 4. The summed E-state index contributed by atoms with van der Waals surface area (Å²) in [7, 11) is 0. The number of carbonyl (C=O) groups is 1. The van der Waals surface area contributed by atoms with Crippen molar-refractivity contribution in [1.29, 1.82) is 0 Å². The predicted molar refractivity (Wildman–Crippen MR) is 103 cm³/mol. The Hall–Kier alpha value is -3.42. The fourth-order valence-corrected chi connectivity index (χ4v) is 3.45. The van der Waals surface area contributed by atoms with Crippen molar-refractivity contribution in [2.45, 2.75) is 31.9 Å².